The number of benzene rings is 2. The molecule has 2 N–H and O–H groups in total. The van der Waals surface area contributed by atoms with Crippen molar-refractivity contribution < 1.29 is 9.47 Å². The quantitative estimate of drug-likeness (QED) is 0.728. The second-order valence-corrected chi connectivity index (χ2v) is 5.09. The van der Waals surface area contributed by atoms with E-state index in [9.17, 15) is 0 Å². The molecule has 3 rings (SSSR count). The zero-order valence-electron chi connectivity index (χ0n) is 13.2. The molecule has 0 unspecified atom stereocenters. The van der Waals surface area contributed by atoms with Crippen molar-refractivity contribution in [2.75, 3.05) is 19.5 Å². The van der Waals surface area contributed by atoms with Gasteiger partial charge in [-0.05, 0) is 29.3 Å². The molecule has 0 radical (unpaired) electrons. The summed E-state index contributed by atoms with van der Waals surface area (Å²) in [5.41, 5.74) is 3.16. The molecule has 0 bridgehead atoms. The van der Waals surface area contributed by atoms with Crippen LogP contribution in [-0.4, -0.2) is 24.2 Å². The molecule has 5 nitrogen and oxygen atoms in total. The third-order valence-corrected chi connectivity index (χ3v) is 3.60. The zero-order chi connectivity index (χ0) is 16.1. The van der Waals surface area contributed by atoms with Crippen molar-refractivity contribution in [3.05, 3.63) is 66.0 Å². The smallest absolute Gasteiger partial charge is 0.204 e. The summed E-state index contributed by atoms with van der Waals surface area (Å²) in [6.07, 6.45) is 4.25. The van der Waals surface area contributed by atoms with Gasteiger partial charge in [0, 0.05) is 18.8 Å². The largest absolute Gasteiger partial charge is 0.496 e. The molecule has 0 aliphatic heterocycles. The summed E-state index contributed by atoms with van der Waals surface area (Å²) >= 11 is 0. The lowest BCUT2D eigenvalue weighted by molar-refractivity contribution is 0.410. The number of methoxy groups -OCH3 is 2. The number of nitrogens with one attached hydrogen (secondary N) is 2. The van der Waals surface area contributed by atoms with Crippen LogP contribution in [-0.2, 0) is 6.42 Å². The maximum atomic E-state index is 5.49. The molecule has 2 aromatic carbocycles. The minimum absolute atomic E-state index is 0.681. The Kier molecular flexibility index (Phi) is 4.47. The summed E-state index contributed by atoms with van der Waals surface area (Å²) in [5, 5.41) is 3.20. The van der Waals surface area contributed by atoms with Crippen molar-refractivity contribution in [1.29, 1.82) is 0 Å². The number of H-pyrrole nitrogens is 1. The first-order valence-electron chi connectivity index (χ1n) is 7.35. The van der Waals surface area contributed by atoms with Crippen molar-refractivity contribution in [2.24, 2.45) is 0 Å². The van der Waals surface area contributed by atoms with Crippen molar-refractivity contribution in [1.82, 2.24) is 9.97 Å². The lowest BCUT2D eigenvalue weighted by Crippen LogP contribution is -1.98. The number of imidazole rings is 1. The number of anilines is 2. The summed E-state index contributed by atoms with van der Waals surface area (Å²) in [5.74, 6) is 2.35. The number of nitrogens with zero attached hydrogens (tertiary/aromatic N) is 1. The molecule has 0 spiro atoms. The van der Waals surface area contributed by atoms with Gasteiger partial charge in [0.25, 0.3) is 0 Å². The molecule has 0 saturated carbocycles. The first kappa shape index (κ1) is 15.0. The van der Waals surface area contributed by atoms with Gasteiger partial charge in [0.15, 0.2) is 0 Å². The van der Waals surface area contributed by atoms with Crippen LogP contribution in [0.5, 0.6) is 11.5 Å². The molecule has 23 heavy (non-hydrogen) atoms. The van der Waals surface area contributed by atoms with E-state index in [4.69, 9.17) is 9.47 Å². The molecule has 0 atom stereocenters. The van der Waals surface area contributed by atoms with Crippen LogP contribution in [0.2, 0.25) is 0 Å². The fourth-order valence-electron chi connectivity index (χ4n) is 2.48. The van der Waals surface area contributed by atoms with Gasteiger partial charge in [-0.25, -0.2) is 4.98 Å². The number of hydrogen-bond donors (Lipinski definition) is 2. The summed E-state index contributed by atoms with van der Waals surface area (Å²) in [6.45, 7) is 0. The van der Waals surface area contributed by atoms with Crippen molar-refractivity contribution >= 4 is 11.6 Å². The maximum absolute atomic E-state index is 5.49. The Labute approximate surface area is 135 Å². The third-order valence-electron chi connectivity index (χ3n) is 3.60. The first-order chi connectivity index (χ1) is 11.3. The maximum Gasteiger partial charge on any atom is 0.204 e. The van der Waals surface area contributed by atoms with E-state index in [0.717, 1.165) is 34.7 Å². The normalized spacial score (nSPS) is 10.3. The Balaban J connectivity index is 1.84. The lowest BCUT2D eigenvalue weighted by atomic mass is 10.0. The number of hydrogen-bond acceptors (Lipinski definition) is 4. The minimum atomic E-state index is 0.681. The van der Waals surface area contributed by atoms with E-state index in [0.29, 0.717) is 5.95 Å². The molecule has 1 heterocycles. The minimum Gasteiger partial charge on any atom is -0.496 e. The highest BCUT2D eigenvalue weighted by Gasteiger charge is 2.08. The van der Waals surface area contributed by atoms with Gasteiger partial charge in [-0.15, -0.1) is 0 Å². The average molecular weight is 309 g/mol. The third kappa shape index (κ3) is 3.45. The van der Waals surface area contributed by atoms with Crippen LogP contribution >= 0.6 is 0 Å². The van der Waals surface area contributed by atoms with Crippen LogP contribution in [0.3, 0.4) is 0 Å². The van der Waals surface area contributed by atoms with E-state index >= 15 is 0 Å². The van der Waals surface area contributed by atoms with E-state index < -0.39 is 0 Å². The Morgan fingerprint density at radius 3 is 2.61 bits per heavy atom. The predicted molar refractivity (Wildman–Crippen MR) is 90.7 cm³/mol. The second kappa shape index (κ2) is 6.87. The number of aromatic amines is 1. The fraction of sp³-hybridized carbons (Fsp3) is 0.167. The molecular formula is C18H19N3O2. The molecule has 1 aromatic heterocycles. The van der Waals surface area contributed by atoms with E-state index in [1.165, 1.54) is 0 Å². The highest BCUT2D eigenvalue weighted by molar-refractivity contribution is 5.63. The van der Waals surface area contributed by atoms with Crippen LogP contribution in [0.4, 0.5) is 11.6 Å². The molecular weight excluding hydrogens is 290 g/mol. The van der Waals surface area contributed by atoms with Crippen molar-refractivity contribution in [3.8, 4) is 11.5 Å². The second-order valence-electron chi connectivity index (χ2n) is 5.09. The van der Waals surface area contributed by atoms with Gasteiger partial charge in [-0.2, -0.15) is 0 Å². The molecule has 0 fully saturated rings. The Bertz CT molecular complexity index is 770. The van der Waals surface area contributed by atoms with Crippen LogP contribution in [0.25, 0.3) is 0 Å². The van der Waals surface area contributed by atoms with Gasteiger partial charge in [0.05, 0.1) is 19.9 Å². The lowest BCUT2D eigenvalue weighted by Gasteiger charge is -2.12. The van der Waals surface area contributed by atoms with Gasteiger partial charge in [0.1, 0.15) is 11.5 Å². The Morgan fingerprint density at radius 2 is 1.87 bits per heavy atom. The van der Waals surface area contributed by atoms with Crippen LogP contribution in [0.1, 0.15) is 11.1 Å². The monoisotopic (exact) mass is 309 g/mol. The molecule has 118 valence electrons. The standard InChI is InChI=1S/C18H19N3O2/c1-22-16-6-4-3-5-14(16)11-13-7-8-15(17(12-13)23-2)21-18-19-9-10-20-18/h3-10,12H,11H2,1-2H3,(H2,19,20,21). The fourth-order valence-corrected chi connectivity index (χ4v) is 2.48. The molecule has 0 aliphatic carbocycles. The summed E-state index contributed by atoms with van der Waals surface area (Å²) in [4.78, 5) is 7.17. The highest BCUT2D eigenvalue weighted by Crippen LogP contribution is 2.29. The zero-order valence-corrected chi connectivity index (χ0v) is 13.2. The van der Waals surface area contributed by atoms with E-state index in [1.807, 2.05) is 30.3 Å². The van der Waals surface area contributed by atoms with E-state index in [-0.39, 0.29) is 0 Å². The highest BCUT2D eigenvalue weighted by atomic mass is 16.5. The Hall–Kier alpha value is -2.95. The predicted octanol–water partition coefficient (Wildman–Crippen LogP) is 3.76. The number of aromatic nitrogens is 2. The van der Waals surface area contributed by atoms with E-state index in [2.05, 4.69) is 27.4 Å². The van der Waals surface area contributed by atoms with Crippen LogP contribution in [0.15, 0.2) is 54.9 Å². The van der Waals surface area contributed by atoms with Gasteiger partial charge < -0.3 is 19.8 Å². The number of rotatable bonds is 6. The number of para-hydroxylation sites is 1. The molecule has 0 amide bonds. The van der Waals surface area contributed by atoms with Crippen molar-refractivity contribution in [2.45, 2.75) is 6.42 Å². The molecule has 3 aromatic rings. The van der Waals surface area contributed by atoms with Gasteiger partial charge >= 0.3 is 0 Å². The number of ether oxygens (including phenoxy) is 2. The van der Waals surface area contributed by atoms with Gasteiger partial charge in [0.2, 0.25) is 5.95 Å². The topological polar surface area (TPSA) is 59.2 Å². The van der Waals surface area contributed by atoms with Crippen molar-refractivity contribution in [3.63, 3.8) is 0 Å². The van der Waals surface area contributed by atoms with E-state index in [1.54, 1.807) is 26.6 Å². The SMILES string of the molecule is COc1ccccc1Cc1ccc(Nc2ncc[nH]2)c(OC)c1. The van der Waals surface area contributed by atoms with Crippen LogP contribution in [0, 0.1) is 0 Å². The summed E-state index contributed by atoms with van der Waals surface area (Å²) in [7, 11) is 3.35. The molecule has 0 saturated heterocycles. The molecule has 0 aliphatic rings. The van der Waals surface area contributed by atoms with Gasteiger partial charge in [-0.1, -0.05) is 24.3 Å². The summed E-state index contributed by atoms with van der Waals surface area (Å²) < 4.78 is 10.9. The van der Waals surface area contributed by atoms with Crippen LogP contribution < -0.4 is 14.8 Å². The summed E-state index contributed by atoms with van der Waals surface area (Å²) in [6, 6.07) is 14.1. The van der Waals surface area contributed by atoms with Gasteiger partial charge in [-0.3, -0.25) is 0 Å². The first-order valence-corrected chi connectivity index (χ1v) is 7.35. The Morgan fingerprint density at radius 1 is 1.04 bits per heavy atom. The average Bonchev–Trinajstić information content (AvgIpc) is 3.10. The molecule has 5 heteroatoms.